The minimum absolute atomic E-state index is 0.0772. The highest BCUT2D eigenvalue weighted by atomic mass is 32.2. The average Bonchev–Trinajstić information content (AvgIpc) is 2.16. The van der Waals surface area contributed by atoms with Crippen molar-refractivity contribution in [3.63, 3.8) is 0 Å². The van der Waals surface area contributed by atoms with Crippen LogP contribution < -0.4 is 5.73 Å². The lowest BCUT2D eigenvalue weighted by Crippen LogP contribution is -2.23. The maximum atomic E-state index is 12.4. The maximum absolute atomic E-state index is 12.4. The monoisotopic (exact) mass is 279 g/mol. The van der Waals surface area contributed by atoms with E-state index in [1.807, 2.05) is 0 Å². The van der Waals surface area contributed by atoms with Crippen LogP contribution in [0.25, 0.3) is 0 Å². The Hall–Kier alpha value is -1.24. The number of rotatable bonds is 2. The van der Waals surface area contributed by atoms with Crippen LogP contribution in [0, 0.1) is 0 Å². The van der Waals surface area contributed by atoms with E-state index in [1.54, 1.807) is 0 Å². The second kappa shape index (κ2) is 4.15. The van der Waals surface area contributed by atoms with E-state index < -0.39 is 20.2 Å². The molecule has 1 aliphatic carbocycles. The fourth-order valence-electron chi connectivity index (χ4n) is 1.93. The van der Waals surface area contributed by atoms with E-state index in [1.165, 1.54) is 6.07 Å². The van der Waals surface area contributed by atoms with Crippen molar-refractivity contribution >= 4 is 15.5 Å². The van der Waals surface area contributed by atoms with Crippen molar-refractivity contribution < 1.29 is 21.6 Å². The number of sulfone groups is 1. The summed E-state index contributed by atoms with van der Waals surface area (Å²) in [5.41, 5.74) is 1.25. The number of alkyl halides is 3. The molecule has 0 amide bonds. The van der Waals surface area contributed by atoms with Crippen molar-refractivity contribution in [1.82, 2.24) is 0 Å². The lowest BCUT2D eigenvalue weighted by molar-refractivity contribution is -0.0436. The first-order valence-corrected chi connectivity index (χ1v) is 6.92. The molecule has 0 aliphatic heterocycles. The van der Waals surface area contributed by atoms with Crippen LogP contribution in [-0.4, -0.2) is 13.9 Å². The molecule has 0 atom stereocenters. The number of hydrogen-bond acceptors (Lipinski definition) is 3. The Labute approximate surface area is 103 Å². The van der Waals surface area contributed by atoms with E-state index >= 15 is 0 Å². The summed E-state index contributed by atoms with van der Waals surface area (Å²) in [6, 6.07) is 3.19. The van der Waals surface area contributed by atoms with Gasteiger partial charge < -0.3 is 5.73 Å². The molecule has 1 fully saturated rings. The molecule has 0 spiro atoms. The van der Waals surface area contributed by atoms with Crippen LogP contribution in [-0.2, 0) is 9.84 Å². The normalized spacial score (nSPS) is 17.5. The summed E-state index contributed by atoms with van der Waals surface area (Å²) in [5, 5.41) is 0. The van der Waals surface area contributed by atoms with Crippen LogP contribution in [0.15, 0.2) is 23.1 Å². The summed E-state index contributed by atoms with van der Waals surface area (Å²) in [5.74, 6) is 0.0772. The van der Waals surface area contributed by atoms with Gasteiger partial charge in [-0.25, -0.2) is 8.42 Å². The van der Waals surface area contributed by atoms with Crippen molar-refractivity contribution in [2.45, 2.75) is 35.6 Å². The number of anilines is 1. The van der Waals surface area contributed by atoms with Crippen LogP contribution in [0.4, 0.5) is 18.9 Å². The number of benzene rings is 1. The molecule has 18 heavy (non-hydrogen) atoms. The van der Waals surface area contributed by atoms with Gasteiger partial charge in [-0.15, -0.1) is 0 Å². The van der Waals surface area contributed by atoms with Crippen molar-refractivity contribution in [3.8, 4) is 0 Å². The van der Waals surface area contributed by atoms with Gasteiger partial charge in [-0.3, -0.25) is 0 Å². The van der Waals surface area contributed by atoms with Gasteiger partial charge in [0, 0.05) is 5.69 Å². The van der Waals surface area contributed by atoms with Gasteiger partial charge in [0.1, 0.15) is 0 Å². The minimum Gasteiger partial charge on any atom is -0.398 e. The predicted octanol–water partition coefficient (Wildman–Crippen LogP) is 2.83. The van der Waals surface area contributed by atoms with Gasteiger partial charge in [-0.1, -0.05) is 6.42 Å². The minimum atomic E-state index is -5.29. The first-order chi connectivity index (χ1) is 8.23. The summed E-state index contributed by atoms with van der Waals surface area (Å²) in [4.78, 5) is -0.730. The first kappa shape index (κ1) is 13.2. The molecule has 3 nitrogen and oxygen atoms in total. The molecule has 0 saturated heterocycles. The summed E-state index contributed by atoms with van der Waals surface area (Å²) < 4.78 is 59.8. The van der Waals surface area contributed by atoms with Crippen LogP contribution in [0.1, 0.15) is 30.7 Å². The molecular formula is C11H12F3NO2S. The third kappa shape index (κ3) is 2.07. The summed E-state index contributed by atoms with van der Waals surface area (Å²) >= 11 is 0. The van der Waals surface area contributed by atoms with E-state index in [2.05, 4.69) is 0 Å². The molecule has 0 aromatic heterocycles. The van der Waals surface area contributed by atoms with Crippen molar-refractivity contribution in [1.29, 1.82) is 0 Å². The topological polar surface area (TPSA) is 60.2 Å². The molecule has 1 aliphatic rings. The summed E-state index contributed by atoms with van der Waals surface area (Å²) in [7, 11) is -5.29. The summed E-state index contributed by atoms with van der Waals surface area (Å²) in [6.45, 7) is 0. The Kier molecular flexibility index (Phi) is 3.04. The lowest BCUT2D eigenvalue weighted by atomic mass is 9.79. The SMILES string of the molecule is Nc1ccc(S(=O)(=O)C(F)(F)F)cc1C1CCC1. The molecule has 0 unspecified atom stereocenters. The second-order valence-electron chi connectivity index (χ2n) is 4.37. The zero-order valence-electron chi connectivity index (χ0n) is 9.37. The molecule has 1 aromatic rings. The molecule has 2 N–H and O–H groups in total. The molecular weight excluding hydrogens is 267 g/mol. The summed E-state index contributed by atoms with van der Waals surface area (Å²) in [6.07, 6.45) is 2.65. The Bertz CT molecular complexity index is 562. The standard InChI is InChI=1S/C11H12F3NO2S/c12-11(13,14)18(16,17)8-4-5-10(15)9(6-8)7-2-1-3-7/h4-7H,1-3,15H2. The Morgan fingerprint density at radius 3 is 2.28 bits per heavy atom. The van der Waals surface area contributed by atoms with Crippen molar-refractivity contribution in [3.05, 3.63) is 23.8 Å². The average molecular weight is 279 g/mol. The van der Waals surface area contributed by atoms with E-state index in [-0.39, 0.29) is 5.92 Å². The van der Waals surface area contributed by atoms with E-state index in [0.717, 1.165) is 31.4 Å². The van der Waals surface area contributed by atoms with Crippen LogP contribution in [0.5, 0.6) is 0 Å². The fourth-order valence-corrected chi connectivity index (χ4v) is 2.72. The van der Waals surface area contributed by atoms with E-state index in [0.29, 0.717) is 11.3 Å². The van der Waals surface area contributed by atoms with Crippen LogP contribution >= 0.6 is 0 Å². The second-order valence-corrected chi connectivity index (χ2v) is 6.31. The molecule has 2 rings (SSSR count). The highest BCUT2D eigenvalue weighted by Crippen LogP contribution is 2.41. The molecule has 1 saturated carbocycles. The van der Waals surface area contributed by atoms with Gasteiger partial charge in [0.2, 0.25) is 0 Å². The zero-order valence-corrected chi connectivity index (χ0v) is 10.2. The first-order valence-electron chi connectivity index (χ1n) is 5.44. The Morgan fingerprint density at radius 1 is 1.22 bits per heavy atom. The quantitative estimate of drug-likeness (QED) is 0.847. The van der Waals surface area contributed by atoms with Gasteiger partial charge in [0.25, 0.3) is 9.84 Å². The molecule has 1 aromatic carbocycles. The Morgan fingerprint density at radius 2 is 1.83 bits per heavy atom. The van der Waals surface area contributed by atoms with E-state index in [9.17, 15) is 21.6 Å². The predicted molar refractivity (Wildman–Crippen MR) is 60.7 cm³/mol. The smallest absolute Gasteiger partial charge is 0.398 e. The fraction of sp³-hybridized carbons (Fsp3) is 0.455. The highest BCUT2D eigenvalue weighted by Gasteiger charge is 2.47. The molecule has 0 bridgehead atoms. The third-order valence-electron chi connectivity index (χ3n) is 3.22. The molecule has 100 valence electrons. The number of nitrogen functional groups attached to an aromatic ring is 1. The highest BCUT2D eigenvalue weighted by molar-refractivity contribution is 7.92. The van der Waals surface area contributed by atoms with Gasteiger partial charge in [0.05, 0.1) is 4.90 Å². The van der Waals surface area contributed by atoms with Crippen molar-refractivity contribution in [2.24, 2.45) is 0 Å². The number of nitrogens with two attached hydrogens (primary N) is 1. The molecule has 7 heteroatoms. The molecule has 0 heterocycles. The number of hydrogen-bond donors (Lipinski definition) is 1. The van der Waals surface area contributed by atoms with E-state index in [4.69, 9.17) is 5.73 Å². The van der Waals surface area contributed by atoms with Crippen LogP contribution in [0.3, 0.4) is 0 Å². The van der Waals surface area contributed by atoms with Gasteiger partial charge >= 0.3 is 5.51 Å². The molecule has 0 radical (unpaired) electrons. The van der Waals surface area contributed by atoms with Gasteiger partial charge in [0.15, 0.2) is 0 Å². The van der Waals surface area contributed by atoms with Gasteiger partial charge in [-0.05, 0) is 42.5 Å². The Balaban J connectivity index is 2.47. The third-order valence-corrected chi connectivity index (χ3v) is 4.70. The maximum Gasteiger partial charge on any atom is 0.501 e. The zero-order chi connectivity index (χ0) is 13.6. The van der Waals surface area contributed by atoms with Crippen molar-refractivity contribution in [2.75, 3.05) is 5.73 Å². The largest absolute Gasteiger partial charge is 0.501 e. The lowest BCUT2D eigenvalue weighted by Gasteiger charge is -2.27. The van der Waals surface area contributed by atoms with Gasteiger partial charge in [-0.2, -0.15) is 13.2 Å². The van der Waals surface area contributed by atoms with Crippen LogP contribution in [0.2, 0.25) is 0 Å². The number of halogens is 3.